The molecule has 5 atom stereocenters. The average molecular weight is 444 g/mol. The summed E-state index contributed by atoms with van der Waals surface area (Å²) in [7, 11) is 0. The number of nitrogens with zero attached hydrogens (tertiary/aromatic N) is 4. The third-order valence-corrected chi connectivity index (χ3v) is 7.71. The fraction of sp³-hybridized carbons (Fsp3) is 0.520. The third kappa shape index (κ3) is 4.31. The van der Waals surface area contributed by atoms with Gasteiger partial charge in [0.15, 0.2) is 6.61 Å². The second-order valence-electron chi connectivity index (χ2n) is 9.88. The number of nitrogens with one attached hydrogen (secondary N) is 2. The second kappa shape index (κ2) is 8.88. The van der Waals surface area contributed by atoms with Crippen LogP contribution in [-0.2, 0) is 6.54 Å². The summed E-state index contributed by atoms with van der Waals surface area (Å²) in [5.74, 6) is 3.74. The predicted molar refractivity (Wildman–Crippen MR) is 124 cm³/mol. The van der Waals surface area contributed by atoms with E-state index in [1.54, 1.807) is 6.20 Å². The Morgan fingerprint density at radius 3 is 2.67 bits per heavy atom. The Balaban J connectivity index is 1.27. The van der Waals surface area contributed by atoms with Crippen molar-refractivity contribution in [2.45, 2.75) is 44.7 Å². The molecule has 4 fully saturated rings. The van der Waals surface area contributed by atoms with Crippen molar-refractivity contribution in [2.75, 3.05) is 23.8 Å². The van der Waals surface area contributed by atoms with Gasteiger partial charge < -0.3 is 21.1 Å². The molecule has 4 aliphatic rings. The average Bonchev–Trinajstić information content (AvgIpc) is 2.83. The lowest BCUT2D eigenvalue weighted by molar-refractivity contribution is -0.0591. The van der Waals surface area contributed by atoms with E-state index in [0.29, 0.717) is 47.5 Å². The van der Waals surface area contributed by atoms with Crippen molar-refractivity contribution in [3.05, 3.63) is 41.6 Å². The SMILES string of the molecule is N#CCOc1ccccc1CNc1ncc(C#N)c(NC[C@]23CC4C[C@H](C2)[C@@H](N)[C@@H](C4)C3)n1. The van der Waals surface area contributed by atoms with Crippen LogP contribution < -0.4 is 21.1 Å². The van der Waals surface area contributed by atoms with E-state index in [-0.39, 0.29) is 12.0 Å². The molecule has 0 spiro atoms. The van der Waals surface area contributed by atoms with Crippen molar-refractivity contribution in [2.24, 2.45) is 28.9 Å². The number of ether oxygens (including phenoxy) is 1. The molecule has 2 aromatic rings. The summed E-state index contributed by atoms with van der Waals surface area (Å²) in [6, 6.07) is 12.1. The van der Waals surface area contributed by atoms with Gasteiger partial charge in [0.05, 0.1) is 6.20 Å². The predicted octanol–water partition coefficient (Wildman–Crippen LogP) is 3.43. The van der Waals surface area contributed by atoms with Crippen LogP contribution in [0.25, 0.3) is 0 Å². The fourth-order valence-corrected chi connectivity index (χ4v) is 6.48. The van der Waals surface area contributed by atoms with Gasteiger partial charge in [-0.2, -0.15) is 15.5 Å². The molecule has 4 N–H and O–H groups in total. The normalized spacial score (nSPS) is 29.2. The van der Waals surface area contributed by atoms with Gasteiger partial charge in [-0.05, 0) is 61.3 Å². The smallest absolute Gasteiger partial charge is 0.224 e. The van der Waals surface area contributed by atoms with Gasteiger partial charge in [-0.3, -0.25) is 0 Å². The molecule has 4 bridgehead atoms. The maximum absolute atomic E-state index is 9.58. The van der Waals surface area contributed by atoms with E-state index in [0.717, 1.165) is 18.0 Å². The van der Waals surface area contributed by atoms with Gasteiger partial charge in [0, 0.05) is 24.7 Å². The highest BCUT2D eigenvalue weighted by Crippen LogP contribution is 2.59. The van der Waals surface area contributed by atoms with Gasteiger partial charge in [0.25, 0.3) is 0 Å². The molecule has 4 saturated carbocycles. The third-order valence-electron chi connectivity index (χ3n) is 7.71. The maximum atomic E-state index is 9.58. The van der Waals surface area contributed by atoms with E-state index in [1.165, 1.54) is 32.1 Å². The van der Waals surface area contributed by atoms with Crippen LogP contribution in [0.4, 0.5) is 11.8 Å². The Morgan fingerprint density at radius 2 is 1.91 bits per heavy atom. The zero-order valence-electron chi connectivity index (χ0n) is 18.6. The summed E-state index contributed by atoms with van der Waals surface area (Å²) in [4.78, 5) is 8.92. The molecular weight excluding hydrogens is 414 g/mol. The van der Waals surface area contributed by atoms with Crippen molar-refractivity contribution in [3.63, 3.8) is 0 Å². The molecule has 0 aliphatic heterocycles. The van der Waals surface area contributed by atoms with E-state index >= 15 is 0 Å². The highest BCUT2D eigenvalue weighted by atomic mass is 16.5. The van der Waals surface area contributed by atoms with Gasteiger partial charge in [-0.25, -0.2) is 4.98 Å². The Kier molecular flexibility index (Phi) is 5.78. The van der Waals surface area contributed by atoms with Crippen LogP contribution in [0.1, 0.15) is 43.2 Å². The van der Waals surface area contributed by atoms with Crippen molar-refractivity contribution >= 4 is 11.8 Å². The van der Waals surface area contributed by atoms with E-state index in [2.05, 4.69) is 26.7 Å². The fourth-order valence-electron chi connectivity index (χ4n) is 6.48. The molecule has 0 amide bonds. The molecule has 1 heterocycles. The lowest BCUT2D eigenvalue weighted by Crippen LogP contribution is -2.58. The minimum atomic E-state index is -0.00628. The lowest BCUT2D eigenvalue weighted by Gasteiger charge is -2.59. The molecular formula is C25H29N7O. The zero-order chi connectivity index (χ0) is 22.8. The van der Waals surface area contributed by atoms with Gasteiger partial charge in [-0.1, -0.05) is 18.2 Å². The standard InChI is InChI=1S/C25H29N7O/c26-5-6-33-21-4-2-1-3-17(21)13-29-24-30-14-20(12-27)23(32-24)31-15-25-9-16-7-18(10-25)22(28)19(8-16)11-25/h1-4,14,16,18-19,22H,6-11,13,15,28H2,(H2,29,30,31,32)/t16?,18-,19+,22-,25-. The summed E-state index contributed by atoms with van der Waals surface area (Å²) < 4.78 is 5.49. The number of anilines is 2. The van der Waals surface area contributed by atoms with Crippen LogP contribution in [-0.4, -0.2) is 29.2 Å². The van der Waals surface area contributed by atoms with E-state index < -0.39 is 0 Å². The first-order valence-corrected chi connectivity index (χ1v) is 11.7. The number of nitriles is 2. The Morgan fingerprint density at radius 1 is 1.12 bits per heavy atom. The molecule has 170 valence electrons. The molecule has 1 unspecified atom stereocenters. The number of nitrogens with two attached hydrogens (primary N) is 1. The first-order chi connectivity index (χ1) is 16.1. The second-order valence-corrected chi connectivity index (χ2v) is 9.88. The summed E-state index contributed by atoms with van der Waals surface area (Å²) in [5.41, 5.74) is 8.11. The number of hydrogen-bond acceptors (Lipinski definition) is 8. The Labute approximate surface area is 194 Å². The van der Waals surface area contributed by atoms with Crippen LogP contribution in [0.15, 0.2) is 30.5 Å². The van der Waals surface area contributed by atoms with Crippen molar-refractivity contribution in [1.82, 2.24) is 9.97 Å². The number of para-hydroxylation sites is 1. The van der Waals surface area contributed by atoms with Crippen LogP contribution in [0.5, 0.6) is 5.75 Å². The highest BCUT2D eigenvalue weighted by Gasteiger charge is 2.54. The van der Waals surface area contributed by atoms with Crippen LogP contribution in [0.2, 0.25) is 0 Å². The zero-order valence-corrected chi connectivity index (χ0v) is 18.6. The highest BCUT2D eigenvalue weighted by molar-refractivity contribution is 5.53. The van der Waals surface area contributed by atoms with Crippen LogP contribution in [0, 0.1) is 45.8 Å². The molecule has 6 rings (SSSR count). The van der Waals surface area contributed by atoms with E-state index in [9.17, 15) is 5.26 Å². The minimum absolute atomic E-state index is 0.00628. The van der Waals surface area contributed by atoms with Gasteiger partial charge in [-0.15, -0.1) is 0 Å². The van der Waals surface area contributed by atoms with Crippen molar-refractivity contribution < 1.29 is 4.74 Å². The van der Waals surface area contributed by atoms with Crippen molar-refractivity contribution in [3.8, 4) is 17.9 Å². The lowest BCUT2D eigenvalue weighted by atomic mass is 9.48. The molecule has 1 aromatic carbocycles. The van der Waals surface area contributed by atoms with Crippen molar-refractivity contribution in [1.29, 1.82) is 10.5 Å². The first-order valence-electron chi connectivity index (χ1n) is 11.7. The van der Waals surface area contributed by atoms with E-state index in [4.69, 9.17) is 15.7 Å². The monoisotopic (exact) mass is 443 g/mol. The number of rotatable bonds is 8. The van der Waals surface area contributed by atoms with E-state index in [1.807, 2.05) is 30.3 Å². The van der Waals surface area contributed by atoms with Crippen LogP contribution in [0.3, 0.4) is 0 Å². The van der Waals surface area contributed by atoms with Gasteiger partial charge in [0.1, 0.15) is 29.3 Å². The maximum Gasteiger partial charge on any atom is 0.224 e. The largest absolute Gasteiger partial charge is 0.478 e. The molecule has 0 saturated heterocycles. The molecule has 33 heavy (non-hydrogen) atoms. The number of aromatic nitrogens is 2. The summed E-state index contributed by atoms with van der Waals surface area (Å²) >= 11 is 0. The minimum Gasteiger partial charge on any atom is -0.478 e. The molecule has 4 aliphatic carbocycles. The quantitative estimate of drug-likeness (QED) is 0.565. The number of benzene rings is 1. The Hall–Kier alpha value is -3.36. The summed E-state index contributed by atoms with van der Waals surface area (Å²) in [6.07, 6.45) is 7.72. The summed E-state index contributed by atoms with van der Waals surface area (Å²) in [5, 5.41) is 25.1. The summed E-state index contributed by atoms with van der Waals surface area (Å²) in [6.45, 7) is 1.26. The first kappa shape index (κ1) is 21.5. The van der Waals surface area contributed by atoms with Gasteiger partial charge in [0.2, 0.25) is 5.95 Å². The number of hydrogen-bond donors (Lipinski definition) is 3. The topological polar surface area (TPSA) is 133 Å². The van der Waals surface area contributed by atoms with Gasteiger partial charge >= 0.3 is 0 Å². The molecule has 8 heteroatoms. The Bertz CT molecular complexity index is 1090. The molecule has 1 aromatic heterocycles. The molecule has 8 nitrogen and oxygen atoms in total. The molecule has 0 radical (unpaired) electrons. The van der Waals surface area contributed by atoms with Crippen LogP contribution >= 0.6 is 0 Å².